The molecule has 0 saturated heterocycles. The van der Waals surface area contributed by atoms with Crippen LogP contribution in [-0.4, -0.2) is 30.6 Å². The number of methoxy groups -OCH3 is 1. The lowest BCUT2D eigenvalue weighted by Gasteiger charge is -2.26. The fraction of sp³-hybridized carbons (Fsp3) is 0.636. The van der Waals surface area contributed by atoms with Gasteiger partial charge in [0.2, 0.25) is 0 Å². The van der Waals surface area contributed by atoms with Crippen molar-refractivity contribution in [1.82, 2.24) is 4.98 Å². The summed E-state index contributed by atoms with van der Waals surface area (Å²) < 4.78 is 4.66. The SMILES string of the molecule is CCC(C)N(CC)c1ncc(C(=O)OC)s1. The fourth-order valence-corrected chi connectivity index (χ4v) is 2.45. The van der Waals surface area contributed by atoms with Crippen molar-refractivity contribution in [2.45, 2.75) is 33.2 Å². The number of hydrogen-bond donors (Lipinski definition) is 0. The first-order valence-corrected chi connectivity index (χ1v) is 6.26. The van der Waals surface area contributed by atoms with E-state index in [4.69, 9.17) is 0 Å². The van der Waals surface area contributed by atoms with Crippen LogP contribution in [0.25, 0.3) is 0 Å². The molecule has 0 radical (unpaired) electrons. The topological polar surface area (TPSA) is 42.4 Å². The highest BCUT2D eigenvalue weighted by molar-refractivity contribution is 7.17. The average molecular weight is 242 g/mol. The van der Waals surface area contributed by atoms with Crippen LogP contribution >= 0.6 is 11.3 Å². The molecule has 90 valence electrons. The van der Waals surface area contributed by atoms with Crippen molar-refractivity contribution >= 4 is 22.4 Å². The predicted octanol–water partition coefficient (Wildman–Crippen LogP) is 2.55. The molecule has 0 aliphatic carbocycles. The first kappa shape index (κ1) is 13.0. The van der Waals surface area contributed by atoms with Gasteiger partial charge in [-0.05, 0) is 20.3 Å². The Bertz CT molecular complexity index is 352. The third kappa shape index (κ3) is 2.72. The van der Waals surface area contributed by atoms with E-state index in [1.54, 1.807) is 6.20 Å². The highest BCUT2D eigenvalue weighted by Gasteiger charge is 2.17. The number of hydrogen-bond acceptors (Lipinski definition) is 5. The van der Waals surface area contributed by atoms with Gasteiger partial charge in [-0.25, -0.2) is 9.78 Å². The molecule has 1 aromatic rings. The Labute approximate surface area is 100 Å². The molecule has 0 fully saturated rings. The molecule has 5 heteroatoms. The molecule has 1 unspecified atom stereocenters. The summed E-state index contributed by atoms with van der Waals surface area (Å²) >= 11 is 1.38. The van der Waals surface area contributed by atoms with Gasteiger partial charge in [-0.2, -0.15) is 0 Å². The lowest BCUT2D eigenvalue weighted by Crippen LogP contribution is -2.32. The van der Waals surface area contributed by atoms with Crippen molar-refractivity contribution in [1.29, 1.82) is 0 Å². The zero-order chi connectivity index (χ0) is 12.1. The van der Waals surface area contributed by atoms with E-state index in [9.17, 15) is 4.79 Å². The Kier molecular flexibility index (Phi) is 4.73. The summed E-state index contributed by atoms with van der Waals surface area (Å²) in [6.07, 6.45) is 2.64. The maximum atomic E-state index is 11.3. The van der Waals surface area contributed by atoms with E-state index < -0.39 is 0 Å². The van der Waals surface area contributed by atoms with E-state index in [0.29, 0.717) is 10.9 Å². The fourth-order valence-electron chi connectivity index (χ4n) is 1.45. The summed E-state index contributed by atoms with van der Waals surface area (Å²) in [7, 11) is 1.38. The maximum Gasteiger partial charge on any atom is 0.349 e. The lowest BCUT2D eigenvalue weighted by atomic mass is 10.2. The Morgan fingerprint density at radius 3 is 2.81 bits per heavy atom. The van der Waals surface area contributed by atoms with E-state index in [-0.39, 0.29) is 5.97 Å². The van der Waals surface area contributed by atoms with Crippen molar-refractivity contribution in [2.75, 3.05) is 18.6 Å². The summed E-state index contributed by atoms with van der Waals surface area (Å²) in [5, 5.41) is 0.886. The standard InChI is InChI=1S/C11H18N2O2S/c1-5-8(3)13(6-2)11-12-7-9(16-11)10(14)15-4/h7-8H,5-6H2,1-4H3. The van der Waals surface area contributed by atoms with Gasteiger partial charge in [-0.3, -0.25) is 0 Å². The molecule has 0 amide bonds. The Hall–Kier alpha value is -1.10. The van der Waals surface area contributed by atoms with E-state index in [1.807, 2.05) is 0 Å². The molecule has 1 heterocycles. The first-order chi connectivity index (χ1) is 7.63. The van der Waals surface area contributed by atoms with Gasteiger partial charge in [0, 0.05) is 12.6 Å². The van der Waals surface area contributed by atoms with Crippen molar-refractivity contribution in [3.05, 3.63) is 11.1 Å². The zero-order valence-electron chi connectivity index (χ0n) is 10.2. The number of rotatable bonds is 5. The van der Waals surface area contributed by atoms with Crippen LogP contribution < -0.4 is 4.90 Å². The van der Waals surface area contributed by atoms with Crippen LogP contribution in [0.1, 0.15) is 36.9 Å². The number of esters is 1. The second-order valence-corrected chi connectivity index (χ2v) is 4.55. The summed E-state index contributed by atoms with van der Waals surface area (Å²) in [5.41, 5.74) is 0. The van der Waals surface area contributed by atoms with E-state index in [1.165, 1.54) is 18.4 Å². The van der Waals surface area contributed by atoms with Gasteiger partial charge >= 0.3 is 5.97 Å². The van der Waals surface area contributed by atoms with Crippen LogP contribution in [0, 0.1) is 0 Å². The van der Waals surface area contributed by atoms with Gasteiger partial charge in [-0.15, -0.1) is 0 Å². The largest absolute Gasteiger partial charge is 0.465 e. The zero-order valence-corrected chi connectivity index (χ0v) is 11.0. The number of carbonyl (C=O) groups excluding carboxylic acids is 1. The van der Waals surface area contributed by atoms with Gasteiger partial charge in [0.05, 0.1) is 13.3 Å². The quantitative estimate of drug-likeness (QED) is 0.744. The monoisotopic (exact) mass is 242 g/mol. The summed E-state index contributed by atoms with van der Waals surface area (Å²) in [5.74, 6) is -0.316. The third-order valence-corrected chi connectivity index (χ3v) is 3.60. The van der Waals surface area contributed by atoms with Crippen LogP contribution in [0.4, 0.5) is 5.13 Å². The maximum absolute atomic E-state index is 11.3. The number of nitrogens with zero attached hydrogens (tertiary/aromatic N) is 2. The molecule has 0 aliphatic rings. The summed E-state index contributed by atoms with van der Waals surface area (Å²) in [4.78, 5) is 18.3. The van der Waals surface area contributed by atoms with Crippen LogP contribution in [0.3, 0.4) is 0 Å². The Balaban J connectivity index is 2.86. The van der Waals surface area contributed by atoms with Crippen molar-refractivity contribution in [3.8, 4) is 0 Å². The van der Waals surface area contributed by atoms with Gasteiger partial charge < -0.3 is 9.64 Å². The highest BCUT2D eigenvalue weighted by atomic mass is 32.1. The van der Waals surface area contributed by atoms with Crippen molar-refractivity contribution in [3.63, 3.8) is 0 Å². The molecule has 4 nitrogen and oxygen atoms in total. The number of anilines is 1. The van der Waals surface area contributed by atoms with Gasteiger partial charge in [-0.1, -0.05) is 18.3 Å². The lowest BCUT2D eigenvalue weighted by molar-refractivity contribution is 0.0606. The average Bonchev–Trinajstić information content (AvgIpc) is 2.78. The smallest absolute Gasteiger partial charge is 0.349 e. The molecule has 1 rings (SSSR count). The molecule has 0 saturated carbocycles. The van der Waals surface area contributed by atoms with Gasteiger partial charge in [0.1, 0.15) is 4.88 Å². The Morgan fingerprint density at radius 1 is 1.62 bits per heavy atom. The second kappa shape index (κ2) is 5.84. The number of aromatic nitrogens is 1. The first-order valence-electron chi connectivity index (χ1n) is 5.44. The van der Waals surface area contributed by atoms with E-state index in [0.717, 1.165) is 18.1 Å². The van der Waals surface area contributed by atoms with Crippen LogP contribution in [-0.2, 0) is 4.74 Å². The molecular formula is C11H18N2O2S. The van der Waals surface area contributed by atoms with E-state index in [2.05, 4.69) is 35.4 Å². The second-order valence-electron chi connectivity index (χ2n) is 3.54. The molecule has 0 bridgehead atoms. The highest BCUT2D eigenvalue weighted by Crippen LogP contribution is 2.25. The number of ether oxygens (including phenoxy) is 1. The summed E-state index contributed by atoms with van der Waals surface area (Å²) in [6, 6.07) is 0.432. The molecule has 0 N–H and O–H groups in total. The third-order valence-electron chi connectivity index (χ3n) is 2.59. The van der Waals surface area contributed by atoms with Crippen LogP contribution in [0.5, 0.6) is 0 Å². The summed E-state index contributed by atoms with van der Waals surface area (Å²) in [6.45, 7) is 7.28. The number of thiazole rings is 1. The molecule has 16 heavy (non-hydrogen) atoms. The molecule has 1 atom stereocenters. The molecular weight excluding hydrogens is 224 g/mol. The van der Waals surface area contributed by atoms with Gasteiger partial charge in [0.25, 0.3) is 0 Å². The molecule has 0 aliphatic heterocycles. The van der Waals surface area contributed by atoms with Crippen molar-refractivity contribution < 1.29 is 9.53 Å². The minimum atomic E-state index is -0.316. The van der Waals surface area contributed by atoms with Crippen molar-refractivity contribution in [2.24, 2.45) is 0 Å². The predicted molar refractivity (Wildman–Crippen MR) is 66.2 cm³/mol. The molecule has 0 spiro atoms. The Morgan fingerprint density at radius 2 is 2.31 bits per heavy atom. The van der Waals surface area contributed by atoms with Crippen LogP contribution in [0.15, 0.2) is 6.20 Å². The van der Waals surface area contributed by atoms with Gasteiger partial charge in [0.15, 0.2) is 5.13 Å². The number of carbonyl (C=O) groups is 1. The van der Waals surface area contributed by atoms with E-state index >= 15 is 0 Å². The molecule has 1 aromatic heterocycles. The minimum absolute atomic E-state index is 0.316. The van der Waals surface area contributed by atoms with Crippen LogP contribution in [0.2, 0.25) is 0 Å². The normalized spacial score (nSPS) is 12.2. The minimum Gasteiger partial charge on any atom is -0.465 e. The molecule has 0 aromatic carbocycles.